The maximum Gasteiger partial charge on any atom is 0.0571 e. The molecule has 2 N–H and O–H groups in total. The molecule has 0 spiro atoms. The monoisotopic (exact) mass is 158 g/mol. The first-order valence-electron chi connectivity index (χ1n) is 4.31. The zero-order chi connectivity index (χ0) is 9.07. The van der Waals surface area contributed by atoms with Crippen LogP contribution in [0, 0.1) is 5.41 Å². The minimum absolute atomic E-state index is 0.199. The number of hydrogen-bond donors (Lipinski definition) is 1. The average Bonchev–Trinajstić information content (AvgIpc) is 1.87. The SMILES string of the molecule is CCC(C)(C)CC(N)N(C)C. The molecule has 1 unspecified atom stereocenters. The summed E-state index contributed by atoms with van der Waals surface area (Å²) in [7, 11) is 4.05. The molecule has 0 radical (unpaired) electrons. The lowest BCUT2D eigenvalue weighted by atomic mass is 9.85. The molecule has 0 aromatic rings. The molecular formula is C9H22N2. The molecule has 0 heterocycles. The number of nitrogens with zero attached hydrogens (tertiary/aromatic N) is 1. The van der Waals surface area contributed by atoms with Crippen LogP contribution in [0.3, 0.4) is 0 Å². The smallest absolute Gasteiger partial charge is 0.0571 e. The molecule has 0 aromatic heterocycles. The molecule has 0 aliphatic heterocycles. The Labute approximate surface area is 70.8 Å². The molecule has 0 aromatic carbocycles. The van der Waals surface area contributed by atoms with Gasteiger partial charge in [0.1, 0.15) is 0 Å². The summed E-state index contributed by atoms with van der Waals surface area (Å²) in [6.45, 7) is 6.73. The van der Waals surface area contributed by atoms with Crippen molar-refractivity contribution in [2.75, 3.05) is 14.1 Å². The van der Waals surface area contributed by atoms with E-state index in [1.165, 1.54) is 6.42 Å². The Hall–Kier alpha value is -0.0800. The van der Waals surface area contributed by atoms with E-state index in [0.29, 0.717) is 5.41 Å². The van der Waals surface area contributed by atoms with E-state index < -0.39 is 0 Å². The van der Waals surface area contributed by atoms with Gasteiger partial charge in [0, 0.05) is 0 Å². The van der Waals surface area contributed by atoms with Gasteiger partial charge in [0.15, 0.2) is 0 Å². The fraction of sp³-hybridized carbons (Fsp3) is 1.00. The largest absolute Gasteiger partial charge is 0.316 e. The summed E-state index contributed by atoms with van der Waals surface area (Å²) >= 11 is 0. The predicted molar refractivity (Wildman–Crippen MR) is 50.4 cm³/mol. The molecule has 11 heavy (non-hydrogen) atoms. The van der Waals surface area contributed by atoms with Crippen molar-refractivity contribution in [3.63, 3.8) is 0 Å². The Balaban J connectivity index is 3.83. The van der Waals surface area contributed by atoms with Crippen LogP contribution in [0.1, 0.15) is 33.6 Å². The minimum atomic E-state index is 0.199. The third-order valence-corrected chi connectivity index (χ3v) is 2.38. The zero-order valence-electron chi connectivity index (χ0n) is 8.52. The normalized spacial score (nSPS) is 15.5. The van der Waals surface area contributed by atoms with E-state index in [1.54, 1.807) is 0 Å². The van der Waals surface area contributed by atoms with Gasteiger partial charge in [-0.25, -0.2) is 0 Å². The van der Waals surface area contributed by atoms with Crippen molar-refractivity contribution in [1.29, 1.82) is 0 Å². The third kappa shape index (κ3) is 4.38. The van der Waals surface area contributed by atoms with Crippen molar-refractivity contribution in [2.45, 2.75) is 39.8 Å². The third-order valence-electron chi connectivity index (χ3n) is 2.38. The van der Waals surface area contributed by atoms with Crippen LogP contribution in [0.25, 0.3) is 0 Å². The van der Waals surface area contributed by atoms with Crippen LogP contribution in [0.5, 0.6) is 0 Å². The van der Waals surface area contributed by atoms with Gasteiger partial charge in [0.05, 0.1) is 6.17 Å². The van der Waals surface area contributed by atoms with Gasteiger partial charge in [-0.15, -0.1) is 0 Å². The fourth-order valence-corrected chi connectivity index (χ4v) is 0.893. The summed E-state index contributed by atoms with van der Waals surface area (Å²) < 4.78 is 0. The lowest BCUT2D eigenvalue weighted by Crippen LogP contribution is -2.39. The number of nitrogens with two attached hydrogens (primary N) is 1. The van der Waals surface area contributed by atoms with Crippen LogP contribution >= 0.6 is 0 Å². The van der Waals surface area contributed by atoms with E-state index in [9.17, 15) is 0 Å². The Kier molecular flexibility index (Phi) is 4.04. The maximum atomic E-state index is 5.90. The van der Waals surface area contributed by atoms with Gasteiger partial charge >= 0.3 is 0 Å². The molecule has 2 nitrogen and oxygen atoms in total. The van der Waals surface area contributed by atoms with Gasteiger partial charge in [-0.1, -0.05) is 27.2 Å². The fourth-order valence-electron chi connectivity index (χ4n) is 0.893. The second-order valence-electron chi connectivity index (χ2n) is 4.25. The van der Waals surface area contributed by atoms with Gasteiger partial charge in [0.25, 0.3) is 0 Å². The molecular weight excluding hydrogens is 136 g/mol. The number of rotatable bonds is 4. The average molecular weight is 158 g/mol. The van der Waals surface area contributed by atoms with Crippen LogP contribution in [-0.4, -0.2) is 25.2 Å². The maximum absolute atomic E-state index is 5.90. The second kappa shape index (κ2) is 4.07. The van der Waals surface area contributed by atoms with E-state index in [-0.39, 0.29) is 6.17 Å². The molecule has 68 valence electrons. The standard InChI is InChI=1S/C9H22N2/c1-6-9(2,3)7-8(10)11(4)5/h8H,6-7,10H2,1-5H3. The molecule has 0 fully saturated rings. The van der Waals surface area contributed by atoms with Gasteiger partial charge in [-0.2, -0.15) is 0 Å². The highest BCUT2D eigenvalue weighted by atomic mass is 15.2. The summed E-state index contributed by atoms with van der Waals surface area (Å²) in [5.41, 5.74) is 6.28. The van der Waals surface area contributed by atoms with Crippen molar-refractivity contribution in [2.24, 2.45) is 11.1 Å². The van der Waals surface area contributed by atoms with Crippen LogP contribution in [-0.2, 0) is 0 Å². The Morgan fingerprint density at radius 1 is 1.36 bits per heavy atom. The summed E-state index contributed by atoms with van der Waals surface area (Å²) in [5, 5.41) is 0. The first kappa shape index (κ1) is 10.9. The second-order valence-corrected chi connectivity index (χ2v) is 4.25. The highest BCUT2D eigenvalue weighted by Crippen LogP contribution is 2.25. The van der Waals surface area contributed by atoms with E-state index in [0.717, 1.165) is 6.42 Å². The van der Waals surface area contributed by atoms with Gasteiger partial charge < -0.3 is 5.73 Å². The van der Waals surface area contributed by atoms with Crippen LogP contribution in [0.2, 0.25) is 0 Å². The van der Waals surface area contributed by atoms with E-state index in [2.05, 4.69) is 25.7 Å². The Bertz CT molecular complexity index is 108. The molecule has 0 bridgehead atoms. The number of hydrogen-bond acceptors (Lipinski definition) is 2. The van der Waals surface area contributed by atoms with Crippen molar-refractivity contribution in [1.82, 2.24) is 4.90 Å². The van der Waals surface area contributed by atoms with Crippen LogP contribution in [0.4, 0.5) is 0 Å². The van der Waals surface area contributed by atoms with E-state index >= 15 is 0 Å². The lowest BCUT2D eigenvalue weighted by Gasteiger charge is -2.29. The molecule has 2 heteroatoms. The van der Waals surface area contributed by atoms with E-state index in [4.69, 9.17) is 5.73 Å². The molecule has 0 aliphatic carbocycles. The minimum Gasteiger partial charge on any atom is -0.316 e. The highest BCUT2D eigenvalue weighted by molar-refractivity contribution is 4.72. The first-order valence-corrected chi connectivity index (χ1v) is 4.31. The zero-order valence-corrected chi connectivity index (χ0v) is 8.52. The summed E-state index contributed by atoms with van der Waals surface area (Å²) in [6, 6.07) is 0. The van der Waals surface area contributed by atoms with Gasteiger partial charge in [-0.3, -0.25) is 4.90 Å². The summed E-state index contributed by atoms with van der Waals surface area (Å²) in [6.07, 6.45) is 2.45. The van der Waals surface area contributed by atoms with Crippen molar-refractivity contribution in [3.05, 3.63) is 0 Å². The molecule has 0 aliphatic rings. The topological polar surface area (TPSA) is 29.3 Å². The molecule has 0 saturated carbocycles. The molecule has 0 amide bonds. The Morgan fingerprint density at radius 2 is 1.82 bits per heavy atom. The molecule has 0 saturated heterocycles. The quantitative estimate of drug-likeness (QED) is 0.630. The van der Waals surface area contributed by atoms with Crippen molar-refractivity contribution >= 4 is 0 Å². The molecule has 1 atom stereocenters. The Morgan fingerprint density at radius 3 is 2.09 bits per heavy atom. The van der Waals surface area contributed by atoms with Crippen LogP contribution in [0.15, 0.2) is 0 Å². The van der Waals surface area contributed by atoms with Gasteiger partial charge in [-0.05, 0) is 25.9 Å². The molecule has 0 rings (SSSR count). The summed E-state index contributed by atoms with van der Waals surface area (Å²) in [5.74, 6) is 0. The first-order chi connectivity index (χ1) is 4.89. The highest BCUT2D eigenvalue weighted by Gasteiger charge is 2.19. The predicted octanol–water partition coefficient (Wildman–Crippen LogP) is 1.66. The van der Waals surface area contributed by atoms with Crippen molar-refractivity contribution < 1.29 is 0 Å². The summed E-state index contributed by atoms with van der Waals surface area (Å²) in [4.78, 5) is 2.07. The lowest BCUT2D eigenvalue weighted by molar-refractivity contribution is 0.195. The van der Waals surface area contributed by atoms with Crippen LogP contribution < -0.4 is 5.73 Å². The van der Waals surface area contributed by atoms with Gasteiger partial charge in [0.2, 0.25) is 0 Å². The van der Waals surface area contributed by atoms with Crippen molar-refractivity contribution in [3.8, 4) is 0 Å². The van der Waals surface area contributed by atoms with E-state index in [1.807, 2.05) is 14.1 Å².